The highest BCUT2D eigenvalue weighted by Gasteiger charge is 2.16. The summed E-state index contributed by atoms with van der Waals surface area (Å²) >= 11 is 1.22. The zero-order valence-electron chi connectivity index (χ0n) is 11.2. The van der Waals surface area contributed by atoms with Crippen molar-refractivity contribution < 1.29 is 4.79 Å². The highest BCUT2D eigenvalue weighted by Crippen LogP contribution is 2.19. The quantitative estimate of drug-likeness (QED) is 0.668. The summed E-state index contributed by atoms with van der Waals surface area (Å²) in [4.78, 5) is 30.2. The van der Waals surface area contributed by atoms with Gasteiger partial charge in [-0.05, 0) is 26.0 Å². The second-order valence-corrected chi connectivity index (χ2v) is 5.64. The fourth-order valence-electron chi connectivity index (χ4n) is 1.59. The van der Waals surface area contributed by atoms with Crippen LogP contribution in [0.3, 0.4) is 0 Å². The Morgan fingerprint density at radius 3 is 2.70 bits per heavy atom. The van der Waals surface area contributed by atoms with Crippen LogP contribution in [0.1, 0.15) is 12.6 Å². The number of aromatic nitrogens is 2. The summed E-state index contributed by atoms with van der Waals surface area (Å²) in [5.74, 6) is -0.134. The molecular weight excluding hydrogens is 274 g/mol. The van der Waals surface area contributed by atoms with Gasteiger partial charge in [0, 0.05) is 17.4 Å². The lowest BCUT2D eigenvalue weighted by Gasteiger charge is -2.11. The van der Waals surface area contributed by atoms with Gasteiger partial charge in [0.05, 0.1) is 5.25 Å². The number of para-hydroxylation sites is 1. The Kier molecular flexibility index (Phi) is 4.57. The number of aryl methyl sites for hydroxylation is 1. The third-order valence-electron chi connectivity index (χ3n) is 2.55. The van der Waals surface area contributed by atoms with Gasteiger partial charge >= 0.3 is 0 Å². The number of carbonyl (C=O) groups is 1. The number of thioether (sulfide) groups is 1. The minimum absolute atomic E-state index is 0.134. The van der Waals surface area contributed by atoms with Crippen molar-refractivity contribution in [1.82, 2.24) is 9.97 Å². The molecule has 1 aromatic heterocycles. The molecule has 1 atom stereocenters. The number of rotatable bonds is 4. The lowest BCUT2D eigenvalue weighted by Crippen LogP contribution is -2.23. The number of anilines is 1. The molecule has 1 unspecified atom stereocenters. The molecule has 104 valence electrons. The van der Waals surface area contributed by atoms with Crippen molar-refractivity contribution in [3.8, 4) is 0 Å². The molecule has 0 aliphatic rings. The Balaban J connectivity index is 2.02. The molecule has 0 saturated heterocycles. The molecule has 20 heavy (non-hydrogen) atoms. The molecular formula is C14H15N3O2S. The number of carbonyl (C=O) groups excluding carboxylic acids is 1. The maximum atomic E-state index is 12.0. The Bertz CT molecular complexity index is 655. The summed E-state index contributed by atoms with van der Waals surface area (Å²) in [5.41, 5.74) is 1.17. The number of hydrogen-bond donors (Lipinski definition) is 2. The van der Waals surface area contributed by atoms with E-state index in [9.17, 15) is 9.59 Å². The average molecular weight is 289 g/mol. The van der Waals surface area contributed by atoms with Crippen LogP contribution in [0.4, 0.5) is 5.69 Å². The molecule has 0 radical (unpaired) electrons. The Labute approximate surface area is 120 Å². The van der Waals surface area contributed by atoms with Crippen LogP contribution < -0.4 is 10.9 Å². The predicted molar refractivity (Wildman–Crippen MR) is 80.0 cm³/mol. The molecule has 1 heterocycles. The summed E-state index contributed by atoms with van der Waals surface area (Å²) in [7, 11) is 0. The van der Waals surface area contributed by atoms with E-state index in [2.05, 4.69) is 15.3 Å². The van der Waals surface area contributed by atoms with E-state index < -0.39 is 0 Å². The van der Waals surface area contributed by atoms with Crippen LogP contribution >= 0.6 is 11.8 Å². The average Bonchev–Trinajstić information content (AvgIpc) is 2.38. The smallest absolute Gasteiger partial charge is 0.251 e. The van der Waals surface area contributed by atoms with Crippen molar-refractivity contribution in [3.63, 3.8) is 0 Å². The molecule has 0 aliphatic heterocycles. The highest BCUT2D eigenvalue weighted by atomic mass is 32.2. The summed E-state index contributed by atoms with van der Waals surface area (Å²) in [6.07, 6.45) is 0. The van der Waals surface area contributed by atoms with Crippen LogP contribution in [0.15, 0.2) is 46.3 Å². The molecule has 2 rings (SSSR count). The first-order valence-corrected chi connectivity index (χ1v) is 7.03. The molecule has 6 heteroatoms. The molecule has 1 aromatic carbocycles. The Morgan fingerprint density at radius 2 is 2.05 bits per heavy atom. The number of H-pyrrole nitrogens is 1. The van der Waals surface area contributed by atoms with Crippen molar-refractivity contribution in [2.75, 3.05) is 5.32 Å². The maximum absolute atomic E-state index is 12.0. The third-order valence-corrected chi connectivity index (χ3v) is 3.53. The number of aromatic amines is 1. The van der Waals surface area contributed by atoms with Crippen LogP contribution in [-0.4, -0.2) is 21.1 Å². The largest absolute Gasteiger partial charge is 0.325 e. The molecule has 0 saturated carbocycles. The van der Waals surface area contributed by atoms with Gasteiger partial charge in [0.25, 0.3) is 5.56 Å². The van der Waals surface area contributed by atoms with E-state index >= 15 is 0 Å². The standard InChI is InChI=1S/C14H15N3O2S/c1-9-8-12(18)17-14(15-9)20-10(2)13(19)16-11-6-4-3-5-7-11/h3-8,10H,1-2H3,(H,16,19)(H,15,17,18). The Hall–Kier alpha value is -2.08. The van der Waals surface area contributed by atoms with Crippen molar-refractivity contribution in [3.05, 3.63) is 52.4 Å². The first-order chi connectivity index (χ1) is 9.54. The van der Waals surface area contributed by atoms with Crippen LogP contribution in [-0.2, 0) is 4.79 Å². The van der Waals surface area contributed by atoms with Crippen LogP contribution in [0, 0.1) is 6.92 Å². The second kappa shape index (κ2) is 6.38. The minimum Gasteiger partial charge on any atom is -0.325 e. The number of nitrogens with one attached hydrogen (secondary N) is 2. The fourth-order valence-corrected chi connectivity index (χ4v) is 2.45. The fraction of sp³-hybridized carbons (Fsp3) is 0.214. The van der Waals surface area contributed by atoms with Gasteiger partial charge in [-0.25, -0.2) is 4.98 Å². The molecule has 2 N–H and O–H groups in total. The molecule has 1 amide bonds. The van der Waals surface area contributed by atoms with Crippen molar-refractivity contribution in [1.29, 1.82) is 0 Å². The van der Waals surface area contributed by atoms with Crippen LogP contribution in [0.25, 0.3) is 0 Å². The zero-order valence-corrected chi connectivity index (χ0v) is 12.0. The van der Waals surface area contributed by atoms with E-state index in [1.165, 1.54) is 17.8 Å². The predicted octanol–water partition coefficient (Wildman–Crippen LogP) is 2.20. The Morgan fingerprint density at radius 1 is 1.35 bits per heavy atom. The molecule has 5 nitrogen and oxygen atoms in total. The number of hydrogen-bond acceptors (Lipinski definition) is 4. The molecule has 0 aliphatic carbocycles. The highest BCUT2D eigenvalue weighted by molar-refractivity contribution is 8.00. The van der Waals surface area contributed by atoms with Gasteiger partial charge in [-0.3, -0.25) is 9.59 Å². The van der Waals surface area contributed by atoms with Crippen LogP contribution in [0.2, 0.25) is 0 Å². The molecule has 0 spiro atoms. The lowest BCUT2D eigenvalue weighted by atomic mass is 10.3. The summed E-state index contributed by atoms with van der Waals surface area (Å²) in [6.45, 7) is 3.51. The number of benzene rings is 1. The van der Waals surface area contributed by atoms with Gasteiger partial charge in [0.15, 0.2) is 5.16 Å². The lowest BCUT2D eigenvalue weighted by molar-refractivity contribution is -0.115. The molecule has 0 fully saturated rings. The van der Waals surface area contributed by atoms with E-state index in [0.717, 1.165) is 5.69 Å². The van der Waals surface area contributed by atoms with Gasteiger partial charge in [-0.2, -0.15) is 0 Å². The van der Waals surface area contributed by atoms with Crippen molar-refractivity contribution in [2.45, 2.75) is 24.3 Å². The molecule has 0 bridgehead atoms. The van der Waals surface area contributed by atoms with Gasteiger partial charge < -0.3 is 10.3 Å². The van der Waals surface area contributed by atoms with E-state index in [1.807, 2.05) is 30.3 Å². The van der Waals surface area contributed by atoms with Crippen molar-refractivity contribution >= 4 is 23.4 Å². The minimum atomic E-state index is -0.361. The van der Waals surface area contributed by atoms with E-state index in [-0.39, 0.29) is 16.7 Å². The van der Waals surface area contributed by atoms with E-state index in [1.54, 1.807) is 13.8 Å². The number of amides is 1. The number of nitrogens with zero attached hydrogens (tertiary/aromatic N) is 1. The molecule has 2 aromatic rings. The normalized spacial score (nSPS) is 11.9. The summed E-state index contributed by atoms with van der Waals surface area (Å²) in [5, 5.41) is 2.90. The van der Waals surface area contributed by atoms with E-state index in [4.69, 9.17) is 0 Å². The summed E-state index contributed by atoms with van der Waals surface area (Å²) in [6, 6.07) is 10.7. The second-order valence-electron chi connectivity index (χ2n) is 4.31. The topological polar surface area (TPSA) is 74.8 Å². The van der Waals surface area contributed by atoms with Crippen molar-refractivity contribution in [2.24, 2.45) is 0 Å². The van der Waals surface area contributed by atoms with Gasteiger partial charge in [-0.1, -0.05) is 30.0 Å². The maximum Gasteiger partial charge on any atom is 0.251 e. The third kappa shape index (κ3) is 3.96. The van der Waals surface area contributed by atoms with Gasteiger partial charge in [0.1, 0.15) is 0 Å². The summed E-state index contributed by atoms with van der Waals surface area (Å²) < 4.78 is 0. The first kappa shape index (κ1) is 14.3. The van der Waals surface area contributed by atoms with Gasteiger partial charge in [-0.15, -0.1) is 0 Å². The first-order valence-electron chi connectivity index (χ1n) is 6.15. The van der Waals surface area contributed by atoms with Crippen LogP contribution in [0.5, 0.6) is 0 Å². The van der Waals surface area contributed by atoms with E-state index in [0.29, 0.717) is 10.9 Å². The SMILES string of the molecule is Cc1cc(=O)[nH]c(SC(C)C(=O)Nc2ccccc2)n1. The zero-order chi connectivity index (χ0) is 14.5. The van der Waals surface area contributed by atoms with Gasteiger partial charge in [0.2, 0.25) is 5.91 Å². The monoisotopic (exact) mass is 289 g/mol.